The molecular formula is C42H52O8. The molecule has 2 N–H and O–H groups in total. The Morgan fingerprint density at radius 3 is 1.32 bits per heavy atom. The number of ether oxygens (including phenoxy) is 4. The van der Waals surface area contributed by atoms with Crippen molar-refractivity contribution in [2.75, 3.05) is 13.2 Å². The number of rotatable bonds is 24. The maximum absolute atomic E-state index is 10.4. The lowest BCUT2D eigenvalue weighted by molar-refractivity contribution is -0.138. The molecule has 4 aromatic carbocycles. The predicted octanol–water partition coefficient (Wildman–Crippen LogP) is 10.1. The van der Waals surface area contributed by atoms with Crippen molar-refractivity contribution >= 4 is 11.9 Å². The van der Waals surface area contributed by atoms with Gasteiger partial charge in [0.1, 0.15) is 24.7 Å². The molecular weight excluding hydrogens is 632 g/mol. The highest BCUT2D eigenvalue weighted by Crippen LogP contribution is 2.27. The molecule has 8 nitrogen and oxygen atoms in total. The number of para-hydroxylation sites is 2. The number of unbranched alkanes of at least 4 members (excludes halogenated alkanes) is 8. The van der Waals surface area contributed by atoms with E-state index in [9.17, 15) is 9.59 Å². The Morgan fingerprint density at radius 2 is 0.780 bits per heavy atom. The van der Waals surface area contributed by atoms with Crippen LogP contribution in [0.25, 0.3) is 0 Å². The third-order valence-electron chi connectivity index (χ3n) is 7.75. The Morgan fingerprint density at radius 1 is 0.400 bits per heavy atom. The normalized spacial score (nSPS) is 10.4. The van der Waals surface area contributed by atoms with Crippen LogP contribution in [-0.4, -0.2) is 35.4 Å². The number of benzene rings is 4. The molecule has 0 saturated heterocycles. The van der Waals surface area contributed by atoms with E-state index in [-0.39, 0.29) is 6.42 Å². The first-order chi connectivity index (χ1) is 24.5. The Kier molecular flexibility index (Phi) is 19.8. The Labute approximate surface area is 297 Å². The lowest BCUT2D eigenvalue weighted by atomic mass is 10.1. The molecule has 0 aliphatic carbocycles. The van der Waals surface area contributed by atoms with E-state index < -0.39 is 11.9 Å². The molecule has 0 spiro atoms. The van der Waals surface area contributed by atoms with Gasteiger partial charge in [0, 0.05) is 12.8 Å². The number of aliphatic carboxylic acids is 2. The van der Waals surface area contributed by atoms with Gasteiger partial charge in [-0.25, -0.2) is 0 Å². The molecule has 268 valence electrons. The largest absolute Gasteiger partial charge is 0.494 e. The van der Waals surface area contributed by atoms with Crippen LogP contribution < -0.4 is 18.9 Å². The minimum absolute atomic E-state index is 0.190. The van der Waals surface area contributed by atoms with Crippen LogP contribution in [-0.2, 0) is 22.8 Å². The molecule has 0 unspecified atom stereocenters. The molecule has 0 radical (unpaired) electrons. The summed E-state index contributed by atoms with van der Waals surface area (Å²) in [7, 11) is 0. The van der Waals surface area contributed by atoms with Crippen molar-refractivity contribution in [1.82, 2.24) is 0 Å². The molecule has 8 heteroatoms. The molecule has 0 heterocycles. The van der Waals surface area contributed by atoms with E-state index in [1.165, 1.54) is 19.3 Å². The third kappa shape index (κ3) is 18.5. The van der Waals surface area contributed by atoms with Gasteiger partial charge in [0.25, 0.3) is 0 Å². The molecule has 0 aliphatic heterocycles. The average molecular weight is 685 g/mol. The maximum Gasteiger partial charge on any atom is 0.303 e. The molecule has 0 bridgehead atoms. The van der Waals surface area contributed by atoms with Crippen molar-refractivity contribution in [3.05, 3.63) is 120 Å². The van der Waals surface area contributed by atoms with Gasteiger partial charge in [0.05, 0.1) is 13.2 Å². The summed E-state index contributed by atoms with van der Waals surface area (Å²) in [6.45, 7) is 2.30. The van der Waals surface area contributed by atoms with E-state index in [0.717, 1.165) is 72.6 Å². The highest BCUT2D eigenvalue weighted by atomic mass is 16.5. The average Bonchev–Trinajstić information content (AvgIpc) is 3.14. The van der Waals surface area contributed by atoms with Gasteiger partial charge in [0.15, 0.2) is 11.5 Å². The number of carboxylic acid groups (broad SMARTS) is 2. The molecule has 0 amide bonds. The van der Waals surface area contributed by atoms with Crippen molar-refractivity contribution in [2.24, 2.45) is 0 Å². The highest BCUT2D eigenvalue weighted by molar-refractivity contribution is 5.66. The van der Waals surface area contributed by atoms with E-state index in [1.807, 2.05) is 97.1 Å². The summed E-state index contributed by atoms with van der Waals surface area (Å²) < 4.78 is 23.1. The van der Waals surface area contributed by atoms with Gasteiger partial charge in [-0.2, -0.15) is 0 Å². The molecule has 50 heavy (non-hydrogen) atoms. The fourth-order valence-corrected chi connectivity index (χ4v) is 4.99. The monoisotopic (exact) mass is 684 g/mol. The first kappa shape index (κ1) is 39.5. The third-order valence-corrected chi connectivity index (χ3v) is 7.75. The summed E-state index contributed by atoms with van der Waals surface area (Å²) in [6, 6.07) is 35.4. The van der Waals surface area contributed by atoms with Gasteiger partial charge in [0.2, 0.25) is 0 Å². The van der Waals surface area contributed by atoms with Crippen LogP contribution in [0.15, 0.2) is 109 Å². The molecule has 4 rings (SSSR count). The van der Waals surface area contributed by atoms with Crippen molar-refractivity contribution in [3.63, 3.8) is 0 Å². The first-order valence-corrected chi connectivity index (χ1v) is 17.7. The number of carbonyl (C=O) groups is 2. The van der Waals surface area contributed by atoms with Crippen LogP contribution in [0.2, 0.25) is 0 Å². The van der Waals surface area contributed by atoms with Crippen LogP contribution in [0.1, 0.15) is 88.2 Å². The van der Waals surface area contributed by atoms with Crippen molar-refractivity contribution < 1.29 is 38.7 Å². The summed E-state index contributed by atoms with van der Waals surface area (Å²) in [5, 5.41) is 17.1. The van der Waals surface area contributed by atoms with Gasteiger partial charge in [-0.3, -0.25) is 9.59 Å². The van der Waals surface area contributed by atoms with Gasteiger partial charge in [-0.05, 0) is 73.2 Å². The Balaban J connectivity index is 0.000000278. The molecule has 0 fully saturated rings. The molecule has 0 aromatic heterocycles. The van der Waals surface area contributed by atoms with Crippen LogP contribution >= 0.6 is 0 Å². The zero-order valence-corrected chi connectivity index (χ0v) is 29.0. The van der Waals surface area contributed by atoms with E-state index in [0.29, 0.717) is 39.3 Å². The molecule has 4 aromatic rings. The number of hydrogen-bond acceptors (Lipinski definition) is 6. The maximum atomic E-state index is 10.4. The SMILES string of the molecule is O=C(O)CCCCCCCCCCOc1ccccc1OCc1ccccc1.O=C(O)CCCCOc1ccc(OCc2ccccc2)cc1. The van der Waals surface area contributed by atoms with E-state index in [4.69, 9.17) is 29.2 Å². The predicted molar refractivity (Wildman–Crippen MR) is 196 cm³/mol. The smallest absolute Gasteiger partial charge is 0.303 e. The number of hydrogen-bond donors (Lipinski definition) is 2. The van der Waals surface area contributed by atoms with Crippen LogP contribution in [0.5, 0.6) is 23.0 Å². The zero-order valence-electron chi connectivity index (χ0n) is 29.0. The van der Waals surface area contributed by atoms with E-state index >= 15 is 0 Å². The van der Waals surface area contributed by atoms with E-state index in [1.54, 1.807) is 0 Å². The quantitative estimate of drug-likeness (QED) is 0.0702. The highest BCUT2D eigenvalue weighted by Gasteiger charge is 2.05. The standard InChI is InChI=1S/C24H32O4.C18H20O4/c25-24(26)18-10-5-3-1-2-4-6-13-19-27-22-16-11-12-17-23(22)28-20-21-14-8-7-9-15-21;19-18(20)8-4-5-13-21-16-9-11-17(12-10-16)22-14-15-6-2-1-3-7-15/h7-9,11-12,14-17H,1-6,10,13,18-20H2,(H,25,26);1-3,6-7,9-12H,4-5,8,13-14H2,(H,19,20). The van der Waals surface area contributed by atoms with Gasteiger partial charge in [-0.1, -0.05) is 111 Å². The fraction of sp³-hybridized carbons (Fsp3) is 0.381. The number of carboxylic acids is 2. The fourth-order valence-electron chi connectivity index (χ4n) is 4.99. The van der Waals surface area contributed by atoms with Gasteiger partial charge < -0.3 is 29.2 Å². The second-order valence-electron chi connectivity index (χ2n) is 12.0. The van der Waals surface area contributed by atoms with Crippen LogP contribution in [0.4, 0.5) is 0 Å². The topological polar surface area (TPSA) is 112 Å². The van der Waals surface area contributed by atoms with Gasteiger partial charge >= 0.3 is 11.9 Å². The van der Waals surface area contributed by atoms with Crippen molar-refractivity contribution in [3.8, 4) is 23.0 Å². The van der Waals surface area contributed by atoms with Crippen molar-refractivity contribution in [1.29, 1.82) is 0 Å². The second kappa shape index (κ2) is 25.1. The second-order valence-corrected chi connectivity index (χ2v) is 12.0. The Bertz CT molecular complexity index is 1460. The summed E-state index contributed by atoms with van der Waals surface area (Å²) >= 11 is 0. The lowest BCUT2D eigenvalue weighted by Crippen LogP contribution is -2.01. The van der Waals surface area contributed by atoms with E-state index in [2.05, 4.69) is 12.1 Å². The minimum atomic E-state index is -0.764. The lowest BCUT2D eigenvalue weighted by Gasteiger charge is -2.12. The summed E-state index contributed by atoms with van der Waals surface area (Å²) in [6.07, 6.45) is 10.6. The summed E-state index contributed by atoms with van der Waals surface area (Å²) in [4.78, 5) is 20.8. The van der Waals surface area contributed by atoms with Crippen LogP contribution in [0, 0.1) is 0 Å². The molecule has 0 atom stereocenters. The molecule has 0 saturated carbocycles. The Hall–Kier alpha value is -4.98. The summed E-state index contributed by atoms with van der Waals surface area (Å²) in [5.41, 5.74) is 2.27. The van der Waals surface area contributed by atoms with Gasteiger partial charge in [-0.15, -0.1) is 0 Å². The van der Waals surface area contributed by atoms with Crippen LogP contribution in [0.3, 0.4) is 0 Å². The van der Waals surface area contributed by atoms with Crippen molar-refractivity contribution in [2.45, 2.75) is 90.3 Å². The minimum Gasteiger partial charge on any atom is -0.494 e. The molecule has 0 aliphatic rings. The first-order valence-electron chi connectivity index (χ1n) is 17.7. The summed E-state index contributed by atoms with van der Waals surface area (Å²) in [5.74, 6) is 1.70. The zero-order chi connectivity index (χ0) is 35.5.